The van der Waals surface area contributed by atoms with Gasteiger partial charge in [-0.05, 0) is 32.1 Å². The van der Waals surface area contributed by atoms with Gasteiger partial charge < -0.3 is 24.0 Å². The number of halogens is 2. The van der Waals surface area contributed by atoms with Crippen molar-refractivity contribution >= 4 is 56.5 Å². The molecular formula is C25H33Cl2O2Si2Zr-3. The molecule has 1 aliphatic carbocycles. The summed E-state index contributed by atoms with van der Waals surface area (Å²) in [7, 11) is -1.77. The molecular weight excluding hydrogens is 551 g/mol. The van der Waals surface area contributed by atoms with E-state index in [1.54, 1.807) is 0 Å². The molecule has 0 fully saturated rings. The van der Waals surface area contributed by atoms with Crippen LogP contribution in [-0.4, -0.2) is 21.8 Å². The predicted molar refractivity (Wildman–Crippen MR) is 144 cm³/mol. The summed E-state index contributed by atoms with van der Waals surface area (Å²) in [5.41, 5.74) is 3.75. The summed E-state index contributed by atoms with van der Waals surface area (Å²) in [6.45, 7) is 12.4. The molecule has 0 N–H and O–H groups in total. The molecule has 4 rings (SSSR count). The van der Waals surface area contributed by atoms with E-state index in [2.05, 4.69) is 87.2 Å². The van der Waals surface area contributed by atoms with Crippen molar-refractivity contribution in [2.75, 3.05) is 6.61 Å². The van der Waals surface area contributed by atoms with Crippen LogP contribution in [0.3, 0.4) is 0 Å². The molecule has 1 atom stereocenters. The van der Waals surface area contributed by atoms with Crippen molar-refractivity contribution in [2.45, 2.75) is 32.5 Å². The van der Waals surface area contributed by atoms with Gasteiger partial charge in [0.25, 0.3) is 0 Å². The van der Waals surface area contributed by atoms with Gasteiger partial charge in [-0.15, -0.1) is 65.4 Å². The Morgan fingerprint density at radius 1 is 0.938 bits per heavy atom. The summed E-state index contributed by atoms with van der Waals surface area (Å²) >= 11 is 1.36. The Bertz CT molecular complexity index is 1010. The van der Waals surface area contributed by atoms with Crippen LogP contribution in [0.2, 0.25) is 19.6 Å². The van der Waals surface area contributed by atoms with E-state index in [1.807, 2.05) is 6.92 Å². The molecule has 0 saturated carbocycles. The molecule has 1 aliphatic rings. The van der Waals surface area contributed by atoms with Gasteiger partial charge in [-0.2, -0.15) is 6.07 Å². The van der Waals surface area contributed by atoms with E-state index in [0.29, 0.717) is 6.61 Å². The maximum atomic E-state index is 6.52. The van der Waals surface area contributed by atoms with Crippen molar-refractivity contribution in [3.05, 3.63) is 98.0 Å². The topological polar surface area (TPSA) is 18.5 Å². The van der Waals surface area contributed by atoms with Gasteiger partial charge in [-0.3, -0.25) is 0 Å². The molecule has 2 nitrogen and oxygen atoms in total. The summed E-state index contributed by atoms with van der Waals surface area (Å²) in [6.07, 6.45) is 0. The van der Waals surface area contributed by atoms with Crippen molar-refractivity contribution in [1.29, 1.82) is 0 Å². The number of benzene rings is 2. The molecule has 0 spiro atoms. The first kappa shape index (κ1) is 33.5. The molecule has 0 saturated heterocycles. The summed E-state index contributed by atoms with van der Waals surface area (Å²) in [5, 5.41) is 2.56. The van der Waals surface area contributed by atoms with Gasteiger partial charge in [0.1, 0.15) is 11.5 Å². The Hall–Kier alpha value is -0.713. The molecule has 0 heterocycles. The number of rotatable bonds is 5. The van der Waals surface area contributed by atoms with E-state index in [4.69, 9.17) is 9.16 Å². The second-order valence-corrected chi connectivity index (χ2v) is 12.2. The third-order valence-electron chi connectivity index (χ3n) is 4.74. The fourth-order valence-corrected chi connectivity index (χ4v) is 4.63. The zero-order valence-electron chi connectivity index (χ0n) is 19.7. The SMILES string of the molecule is CCOC1=C(O[Si](C)(C)C)c2ccccc2C1[c-]1ccc2ccccc21.Cl.Cl.[CH3-].[CH3-].[Si]=[Zr]. The second kappa shape index (κ2) is 14.5. The maximum absolute atomic E-state index is 6.52. The van der Waals surface area contributed by atoms with E-state index in [1.165, 1.54) is 50.8 Å². The van der Waals surface area contributed by atoms with Gasteiger partial charge >= 0.3 is 30.2 Å². The standard InChI is InChI=1S/C23H25O2Si.2CH3.2ClH.Si.Zr/c1-5-24-23-21(19-15-14-16-10-6-7-11-17(16)19)18-12-8-9-13-20(18)22(23)25-26(2,3)4;;;;;;/h6-15,21H,5H2,1-4H3;2*1H3;2*1H;;/q3*-1;;;;. The minimum absolute atomic E-state index is 0. The second-order valence-electron chi connectivity index (χ2n) is 7.74. The third-order valence-corrected chi connectivity index (χ3v) is 5.55. The van der Waals surface area contributed by atoms with Crippen LogP contribution in [0.5, 0.6) is 0 Å². The first-order valence-corrected chi connectivity index (χ1v) is 17.1. The molecule has 32 heavy (non-hydrogen) atoms. The molecule has 0 bridgehead atoms. The molecule has 0 aromatic heterocycles. The van der Waals surface area contributed by atoms with E-state index >= 15 is 0 Å². The third kappa shape index (κ3) is 6.90. The number of hydrogen-bond donors (Lipinski definition) is 0. The van der Waals surface area contributed by atoms with Crippen LogP contribution < -0.4 is 0 Å². The fourth-order valence-electron chi connectivity index (χ4n) is 3.81. The quantitative estimate of drug-likeness (QED) is 0.227. The van der Waals surface area contributed by atoms with Gasteiger partial charge in [0, 0.05) is 11.5 Å². The number of hydrogen-bond acceptors (Lipinski definition) is 2. The minimum atomic E-state index is -1.77. The van der Waals surface area contributed by atoms with Crippen LogP contribution in [0.25, 0.3) is 16.5 Å². The molecule has 2 radical (unpaired) electrons. The van der Waals surface area contributed by atoms with Crippen molar-refractivity contribution in [3.63, 3.8) is 0 Å². The van der Waals surface area contributed by atoms with E-state index in [-0.39, 0.29) is 45.6 Å². The Balaban J connectivity index is 0. The van der Waals surface area contributed by atoms with Crippen molar-refractivity contribution in [1.82, 2.24) is 0 Å². The molecule has 174 valence electrons. The van der Waals surface area contributed by atoms with Gasteiger partial charge in [0.2, 0.25) is 8.32 Å². The molecule has 7 heteroatoms. The molecule has 3 aromatic rings. The average molecular weight is 584 g/mol. The van der Waals surface area contributed by atoms with E-state index < -0.39 is 8.32 Å². The van der Waals surface area contributed by atoms with Gasteiger partial charge in [-0.1, -0.05) is 30.3 Å². The van der Waals surface area contributed by atoms with Crippen LogP contribution in [0.1, 0.15) is 29.5 Å². The van der Waals surface area contributed by atoms with Crippen LogP contribution in [-0.2, 0) is 32.5 Å². The Morgan fingerprint density at radius 2 is 1.53 bits per heavy atom. The van der Waals surface area contributed by atoms with Crippen molar-refractivity contribution in [2.24, 2.45) is 0 Å². The Kier molecular flexibility index (Phi) is 15.2. The van der Waals surface area contributed by atoms with Crippen LogP contribution in [0.15, 0.2) is 66.4 Å². The molecule has 0 amide bonds. The van der Waals surface area contributed by atoms with Crippen LogP contribution >= 0.6 is 24.8 Å². The first-order valence-electron chi connectivity index (χ1n) is 9.54. The average Bonchev–Trinajstić information content (AvgIpc) is 3.23. The van der Waals surface area contributed by atoms with Crippen LogP contribution in [0.4, 0.5) is 0 Å². The molecule has 0 aliphatic heterocycles. The summed E-state index contributed by atoms with van der Waals surface area (Å²) in [6, 6.07) is 21.6. The first-order chi connectivity index (χ1) is 13.5. The molecule has 3 aromatic carbocycles. The number of fused-ring (bicyclic) bond motifs is 2. The zero-order chi connectivity index (χ0) is 20.3. The van der Waals surface area contributed by atoms with Crippen LogP contribution in [0, 0.1) is 14.9 Å². The number of ether oxygens (including phenoxy) is 1. The zero-order valence-corrected chi connectivity index (χ0v) is 25.8. The normalized spacial score (nSPS) is 13.8. The van der Waals surface area contributed by atoms with Gasteiger partial charge in [0.15, 0.2) is 0 Å². The molecule has 1 unspecified atom stereocenters. The van der Waals surface area contributed by atoms with E-state index in [9.17, 15) is 0 Å². The fraction of sp³-hybridized carbons (Fsp3) is 0.240. The Morgan fingerprint density at radius 3 is 2.16 bits per heavy atom. The monoisotopic (exact) mass is 581 g/mol. The Labute approximate surface area is 224 Å². The van der Waals surface area contributed by atoms with Crippen molar-refractivity contribution < 1.29 is 32.5 Å². The van der Waals surface area contributed by atoms with E-state index in [0.717, 1.165) is 11.5 Å². The van der Waals surface area contributed by atoms with Gasteiger partial charge in [0.05, 0.1) is 6.61 Å². The number of allylic oxidation sites excluding steroid dienone is 1. The summed E-state index contributed by atoms with van der Waals surface area (Å²) in [5.74, 6) is 2.00. The summed E-state index contributed by atoms with van der Waals surface area (Å²) < 4.78 is 12.7. The predicted octanol–water partition coefficient (Wildman–Crippen LogP) is 7.62. The van der Waals surface area contributed by atoms with Gasteiger partial charge in [-0.25, -0.2) is 0 Å². The van der Waals surface area contributed by atoms with Crippen molar-refractivity contribution in [3.8, 4) is 0 Å². The summed E-state index contributed by atoms with van der Waals surface area (Å²) in [4.78, 5) is 0.